The van der Waals surface area contributed by atoms with Crippen LogP contribution >= 0.6 is 11.8 Å². The van der Waals surface area contributed by atoms with Crippen molar-refractivity contribution in [1.29, 1.82) is 0 Å². The zero-order valence-electron chi connectivity index (χ0n) is 10.5. The molecule has 0 aliphatic heterocycles. The van der Waals surface area contributed by atoms with Crippen LogP contribution in [0.5, 0.6) is 0 Å². The molecule has 0 radical (unpaired) electrons. The first-order chi connectivity index (χ1) is 8.29. The van der Waals surface area contributed by atoms with Crippen LogP contribution in [-0.4, -0.2) is 41.8 Å². The van der Waals surface area contributed by atoms with Gasteiger partial charge in [-0.15, -0.1) is 5.10 Å². The summed E-state index contributed by atoms with van der Waals surface area (Å²) in [4.78, 5) is 2.14. The standard InChI is InChI=1S/C12H20N4S/c1-16(7-8-17-2)12-6-5-11(14-15-12)9-13-10-3-4-10/h5-6,10,13H,3-4,7-9H2,1-2H3. The van der Waals surface area contributed by atoms with Crippen LogP contribution in [0.25, 0.3) is 0 Å². The Labute approximate surface area is 107 Å². The van der Waals surface area contributed by atoms with E-state index in [1.807, 2.05) is 11.8 Å². The number of nitrogens with one attached hydrogen (secondary N) is 1. The number of rotatable bonds is 7. The van der Waals surface area contributed by atoms with E-state index in [0.717, 1.165) is 36.4 Å². The van der Waals surface area contributed by atoms with E-state index in [1.54, 1.807) is 0 Å². The largest absolute Gasteiger partial charge is 0.357 e. The summed E-state index contributed by atoms with van der Waals surface area (Å²) in [5.74, 6) is 2.07. The topological polar surface area (TPSA) is 41.0 Å². The number of anilines is 1. The van der Waals surface area contributed by atoms with Gasteiger partial charge in [-0.2, -0.15) is 16.9 Å². The molecule has 1 aliphatic carbocycles. The Balaban J connectivity index is 1.82. The average molecular weight is 252 g/mol. The Morgan fingerprint density at radius 3 is 2.82 bits per heavy atom. The molecule has 5 heteroatoms. The average Bonchev–Trinajstić information content (AvgIpc) is 3.18. The Morgan fingerprint density at radius 2 is 2.24 bits per heavy atom. The summed E-state index contributed by atoms with van der Waals surface area (Å²) in [6.07, 6.45) is 4.73. The van der Waals surface area contributed by atoms with E-state index in [0.29, 0.717) is 0 Å². The molecule has 0 spiro atoms. The molecule has 17 heavy (non-hydrogen) atoms. The summed E-state index contributed by atoms with van der Waals surface area (Å²) in [6, 6.07) is 4.84. The zero-order valence-corrected chi connectivity index (χ0v) is 11.3. The van der Waals surface area contributed by atoms with Crippen molar-refractivity contribution in [2.75, 3.05) is 30.5 Å². The van der Waals surface area contributed by atoms with E-state index in [9.17, 15) is 0 Å². The molecule has 1 aromatic rings. The van der Waals surface area contributed by atoms with Gasteiger partial charge >= 0.3 is 0 Å². The van der Waals surface area contributed by atoms with E-state index >= 15 is 0 Å². The van der Waals surface area contributed by atoms with Crippen molar-refractivity contribution < 1.29 is 0 Å². The summed E-state index contributed by atoms with van der Waals surface area (Å²) in [6.45, 7) is 1.85. The molecular formula is C12H20N4S. The first-order valence-corrected chi connectivity index (χ1v) is 7.45. The number of hydrogen-bond donors (Lipinski definition) is 1. The molecule has 0 saturated heterocycles. The molecule has 94 valence electrons. The molecule has 1 aliphatic rings. The Kier molecular flexibility index (Phi) is 4.62. The molecule has 1 fully saturated rings. The highest BCUT2D eigenvalue weighted by Gasteiger charge is 2.20. The van der Waals surface area contributed by atoms with Gasteiger partial charge in [0.25, 0.3) is 0 Å². The van der Waals surface area contributed by atoms with Crippen LogP contribution in [0.2, 0.25) is 0 Å². The highest BCUT2D eigenvalue weighted by Crippen LogP contribution is 2.19. The van der Waals surface area contributed by atoms with Gasteiger partial charge in [0.15, 0.2) is 5.82 Å². The Morgan fingerprint density at radius 1 is 1.41 bits per heavy atom. The van der Waals surface area contributed by atoms with Gasteiger partial charge in [-0.05, 0) is 31.2 Å². The molecule has 1 N–H and O–H groups in total. The van der Waals surface area contributed by atoms with Gasteiger partial charge < -0.3 is 10.2 Å². The van der Waals surface area contributed by atoms with Gasteiger partial charge in [0.2, 0.25) is 0 Å². The molecule has 0 aromatic carbocycles. The third-order valence-electron chi connectivity index (χ3n) is 2.88. The lowest BCUT2D eigenvalue weighted by Crippen LogP contribution is -2.22. The lowest BCUT2D eigenvalue weighted by atomic mass is 10.3. The smallest absolute Gasteiger partial charge is 0.151 e. The van der Waals surface area contributed by atoms with Crippen LogP contribution in [0, 0.1) is 0 Å². The third-order valence-corrected chi connectivity index (χ3v) is 3.47. The van der Waals surface area contributed by atoms with E-state index in [-0.39, 0.29) is 0 Å². The van der Waals surface area contributed by atoms with Crippen LogP contribution < -0.4 is 10.2 Å². The van der Waals surface area contributed by atoms with E-state index in [4.69, 9.17) is 0 Å². The van der Waals surface area contributed by atoms with Crippen molar-refractivity contribution in [2.24, 2.45) is 0 Å². The lowest BCUT2D eigenvalue weighted by molar-refractivity contribution is 0.664. The highest BCUT2D eigenvalue weighted by molar-refractivity contribution is 7.98. The Hall–Kier alpha value is -0.810. The van der Waals surface area contributed by atoms with Gasteiger partial charge in [-0.1, -0.05) is 0 Å². The van der Waals surface area contributed by atoms with Gasteiger partial charge in [0, 0.05) is 31.9 Å². The van der Waals surface area contributed by atoms with E-state index in [1.165, 1.54) is 12.8 Å². The summed E-state index contributed by atoms with van der Waals surface area (Å²) in [5.41, 5.74) is 1.03. The summed E-state index contributed by atoms with van der Waals surface area (Å²) >= 11 is 1.85. The molecule has 4 nitrogen and oxygen atoms in total. The van der Waals surface area contributed by atoms with Crippen LogP contribution in [0.15, 0.2) is 12.1 Å². The van der Waals surface area contributed by atoms with Gasteiger partial charge in [-0.3, -0.25) is 0 Å². The van der Waals surface area contributed by atoms with E-state index < -0.39 is 0 Å². The molecular weight excluding hydrogens is 232 g/mol. The fraction of sp³-hybridized carbons (Fsp3) is 0.667. The van der Waals surface area contributed by atoms with Crippen LogP contribution in [0.1, 0.15) is 18.5 Å². The maximum Gasteiger partial charge on any atom is 0.151 e. The first-order valence-electron chi connectivity index (χ1n) is 6.05. The number of hydrogen-bond acceptors (Lipinski definition) is 5. The maximum absolute atomic E-state index is 4.26. The first kappa shape index (κ1) is 12.6. The third kappa shape index (κ3) is 4.16. The van der Waals surface area contributed by atoms with Crippen molar-refractivity contribution in [3.8, 4) is 0 Å². The Bertz CT molecular complexity index is 337. The molecule has 0 bridgehead atoms. The highest BCUT2D eigenvalue weighted by atomic mass is 32.2. The molecule has 1 saturated carbocycles. The second kappa shape index (κ2) is 6.21. The lowest BCUT2D eigenvalue weighted by Gasteiger charge is -2.16. The number of aromatic nitrogens is 2. The number of thioether (sulfide) groups is 1. The molecule has 1 heterocycles. The predicted molar refractivity (Wildman–Crippen MR) is 73.5 cm³/mol. The summed E-state index contributed by atoms with van der Waals surface area (Å²) < 4.78 is 0. The van der Waals surface area contributed by atoms with Gasteiger partial charge in [0.05, 0.1) is 5.69 Å². The number of nitrogens with zero attached hydrogens (tertiary/aromatic N) is 3. The maximum atomic E-state index is 4.26. The summed E-state index contributed by atoms with van der Waals surface area (Å²) in [5, 5.41) is 11.9. The normalized spacial score (nSPS) is 14.9. The molecule has 2 rings (SSSR count). The van der Waals surface area contributed by atoms with E-state index in [2.05, 4.69) is 45.9 Å². The summed E-state index contributed by atoms with van der Waals surface area (Å²) in [7, 11) is 2.06. The van der Waals surface area contributed by atoms with Gasteiger partial charge in [0.1, 0.15) is 0 Å². The van der Waals surface area contributed by atoms with Crippen molar-refractivity contribution in [1.82, 2.24) is 15.5 Å². The van der Waals surface area contributed by atoms with Crippen molar-refractivity contribution >= 4 is 17.6 Å². The molecule has 0 amide bonds. The molecule has 1 aromatic heterocycles. The van der Waals surface area contributed by atoms with Crippen LogP contribution in [0.4, 0.5) is 5.82 Å². The van der Waals surface area contributed by atoms with Crippen LogP contribution in [-0.2, 0) is 6.54 Å². The van der Waals surface area contributed by atoms with Crippen molar-refractivity contribution in [3.05, 3.63) is 17.8 Å². The fourth-order valence-electron chi connectivity index (χ4n) is 1.53. The zero-order chi connectivity index (χ0) is 12.1. The second-order valence-electron chi connectivity index (χ2n) is 4.45. The molecule has 0 unspecified atom stereocenters. The predicted octanol–water partition coefficient (Wildman–Crippen LogP) is 1.53. The minimum absolute atomic E-state index is 0.723. The van der Waals surface area contributed by atoms with Crippen molar-refractivity contribution in [3.63, 3.8) is 0 Å². The monoisotopic (exact) mass is 252 g/mol. The minimum atomic E-state index is 0.723. The van der Waals surface area contributed by atoms with Crippen molar-refractivity contribution in [2.45, 2.75) is 25.4 Å². The van der Waals surface area contributed by atoms with Crippen LogP contribution in [0.3, 0.4) is 0 Å². The molecule has 0 atom stereocenters. The SMILES string of the molecule is CSCCN(C)c1ccc(CNC2CC2)nn1. The second-order valence-corrected chi connectivity index (χ2v) is 5.44. The quantitative estimate of drug-likeness (QED) is 0.797. The van der Waals surface area contributed by atoms with Gasteiger partial charge in [-0.25, -0.2) is 0 Å². The minimum Gasteiger partial charge on any atom is -0.357 e. The fourth-order valence-corrected chi connectivity index (χ4v) is 1.99.